The molecule has 136 valence electrons. The standard InChI is InChI=1S/C21H16FN.C4H8/c1-14-9-11-19(18-7-3-2-6-17(14)18)21-8-4-5-15-13-16(22)10-12-20(15)23-21;1-4-2-3-4/h2-7,9-13H,8H2,1H3;4H,2-3H2,1H3. The van der Waals surface area contributed by atoms with Gasteiger partial charge in [0.15, 0.2) is 0 Å². The van der Waals surface area contributed by atoms with Gasteiger partial charge in [0.25, 0.3) is 0 Å². The van der Waals surface area contributed by atoms with Gasteiger partial charge in [-0.2, -0.15) is 0 Å². The first-order chi connectivity index (χ1) is 13.1. The topological polar surface area (TPSA) is 12.4 Å². The van der Waals surface area contributed by atoms with Gasteiger partial charge in [-0.15, -0.1) is 0 Å². The Morgan fingerprint density at radius 3 is 2.44 bits per heavy atom. The minimum atomic E-state index is -0.229. The van der Waals surface area contributed by atoms with Crippen LogP contribution in [0.15, 0.2) is 65.7 Å². The summed E-state index contributed by atoms with van der Waals surface area (Å²) in [5.41, 5.74) is 5.07. The Labute approximate surface area is 160 Å². The van der Waals surface area contributed by atoms with E-state index < -0.39 is 0 Å². The number of aliphatic imine (C=N–C) groups is 1. The van der Waals surface area contributed by atoms with Crippen molar-refractivity contribution in [2.75, 3.05) is 0 Å². The zero-order valence-electron chi connectivity index (χ0n) is 15.9. The Balaban J connectivity index is 0.000000400. The molecule has 3 aromatic rings. The van der Waals surface area contributed by atoms with Crippen LogP contribution in [0, 0.1) is 18.7 Å². The van der Waals surface area contributed by atoms with Crippen LogP contribution in [0.2, 0.25) is 0 Å². The lowest BCUT2D eigenvalue weighted by Crippen LogP contribution is -2.00. The smallest absolute Gasteiger partial charge is 0.123 e. The van der Waals surface area contributed by atoms with Crippen molar-refractivity contribution in [2.24, 2.45) is 10.9 Å². The van der Waals surface area contributed by atoms with Crippen molar-refractivity contribution in [3.8, 4) is 0 Å². The van der Waals surface area contributed by atoms with Gasteiger partial charge in [-0.25, -0.2) is 4.39 Å². The molecule has 27 heavy (non-hydrogen) atoms. The molecule has 0 amide bonds. The second-order valence-corrected chi connectivity index (χ2v) is 7.53. The van der Waals surface area contributed by atoms with Gasteiger partial charge in [-0.1, -0.05) is 68.3 Å². The Hall–Kier alpha value is -2.74. The van der Waals surface area contributed by atoms with E-state index in [0.717, 1.165) is 34.9 Å². The molecule has 0 aromatic heterocycles. The van der Waals surface area contributed by atoms with Crippen molar-refractivity contribution < 1.29 is 4.39 Å². The second kappa shape index (κ2) is 7.48. The second-order valence-electron chi connectivity index (χ2n) is 7.53. The van der Waals surface area contributed by atoms with E-state index in [0.29, 0.717) is 0 Å². The van der Waals surface area contributed by atoms with Crippen LogP contribution in [0.1, 0.15) is 42.9 Å². The minimum absolute atomic E-state index is 0.229. The normalized spacial score (nSPS) is 15.4. The summed E-state index contributed by atoms with van der Waals surface area (Å²) in [5.74, 6) is 0.854. The maximum atomic E-state index is 13.4. The molecule has 5 rings (SSSR count). The first-order valence-corrected chi connectivity index (χ1v) is 9.64. The minimum Gasteiger partial charge on any atom is -0.252 e. The third-order valence-electron chi connectivity index (χ3n) is 5.17. The summed E-state index contributed by atoms with van der Waals surface area (Å²) in [6.07, 6.45) is 7.72. The zero-order valence-corrected chi connectivity index (χ0v) is 15.9. The van der Waals surface area contributed by atoms with E-state index in [-0.39, 0.29) is 5.82 Å². The monoisotopic (exact) mass is 357 g/mol. The van der Waals surface area contributed by atoms with Crippen molar-refractivity contribution in [3.63, 3.8) is 0 Å². The lowest BCUT2D eigenvalue weighted by molar-refractivity contribution is 0.627. The summed E-state index contributed by atoms with van der Waals surface area (Å²) in [7, 11) is 0. The van der Waals surface area contributed by atoms with Crippen molar-refractivity contribution in [2.45, 2.75) is 33.1 Å². The number of aryl methyl sites for hydroxylation is 1. The molecule has 1 saturated carbocycles. The fraction of sp³-hybridized carbons (Fsp3) is 0.240. The third kappa shape index (κ3) is 4.00. The van der Waals surface area contributed by atoms with Crippen LogP contribution in [-0.2, 0) is 0 Å². The molecule has 0 unspecified atom stereocenters. The van der Waals surface area contributed by atoms with E-state index in [1.807, 2.05) is 6.08 Å². The van der Waals surface area contributed by atoms with Crippen LogP contribution in [0.3, 0.4) is 0 Å². The maximum Gasteiger partial charge on any atom is 0.123 e. The van der Waals surface area contributed by atoms with E-state index in [1.165, 1.54) is 41.3 Å². The lowest BCUT2D eigenvalue weighted by Gasteiger charge is -2.10. The molecule has 0 saturated heterocycles. The van der Waals surface area contributed by atoms with E-state index in [4.69, 9.17) is 4.99 Å². The lowest BCUT2D eigenvalue weighted by atomic mass is 9.96. The van der Waals surface area contributed by atoms with Crippen LogP contribution >= 0.6 is 0 Å². The molecule has 0 spiro atoms. The van der Waals surface area contributed by atoms with Gasteiger partial charge in [0, 0.05) is 17.5 Å². The molecule has 1 aliphatic carbocycles. The molecule has 0 radical (unpaired) electrons. The van der Waals surface area contributed by atoms with Gasteiger partial charge < -0.3 is 0 Å². The Morgan fingerprint density at radius 1 is 0.963 bits per heavy atom. The number of hydrogen-bond donors (Lipinski definition) is 0. The molecule has 2 aliphatic rings. The fourth-order valence-electron chi connectivity index (χ4n) is 3.29. The largest absolute Gasteiger partial charge is 0.252 e. The van der Waals surface area contributed by atoms with Crippen molar-refractivity contribution in [3.05, 3.63) is 83.2 Å². The summed E-state index contributed by atoms with van der Waals surface area (Å²) in [6.45, 7) is 4.40. The number of fused-ring (bicyclic) bond motifs is 2. The van der Waals surface area contributed by atoms with Gasteiger partial charge in [0.05, 0.1) is 11.4 Å². The highest BCUT2D eigenvalue weighted by molar-refractivity contribution is 6.13. The first kappa shape index (κ1) is 17.7. The highest BCUT2D eigenvalue weighted by Crippen LogP contribution is 2.30. The number of hydrogen-bond acceptors (Lipinski definition) is 1. The molecule has 1 heterocycles. The molecule has 1 fully saturated rings. The average molecular weight is 357 g/mol. The summed E-state index contributed by atoms with van der Waals surface area (Å²) in [4.78, 5) is 4.82. The average Bonchev–Trinajstić information content (AvgIpc) is 3.48. The van der Waals surface area contributed by atoms with Crippen molar-refractivity contribution >= 4 is 28.2 Å². The van der Waals surface area contributed by atoms with Gasteiger partial charge in [-0.05, 0) is 47.4 Å². The van der Waals surface area contributed by atoms with Crippen LogP contribution < -0.4 is 0 Å². The van der Waals surface area contributed by atoms with Gasteiger partial charge in [-0.3, -0.25) is 4.99 Å². The van der Waals surface area contributed by atoms with Gasteiger partial charge in [0.1, 0.15) is 5.82 Å². The number of benzene rings is 3. The molecule has 2 heteroatoms. The highest BCUT2D eigenvalue weighted by atomic mass is 19.1. The Morgan fingerprint density at radius 2 is 1.70 bits per heavy atom. The van der Waals surface area contributed by atoms with Crippen LogP contribution in [0.25, 0.3) is 16.8 Å². The number of rotatable bonds is 1. The van der Waals surface area contributed by atoms with E-state index in [9.17, 15) is 4.39 Å². The number of allylic oxidation sites excluding steroid dienone is 1. The maximum absolute atomic E-state index is 13.4. The molecular weight excluding hydrogens is 333 g/mol. The summed E-state index contributed by atoms with van der Waals surface area (Å²) >= 11 is 0. The van der Waals surface area contributed by atoms with Crippen LogP contribution in [-0.4, -0.2) is 5.71 Å². The van der Waals surface area contributed by atoms with Crippen molar-refractivity contribution in [1.29, 1.82) is 0 Å². The summed E-state index contributed by atoms with van der Waals surface area (Å²) < 4.78 is 13.4. The summed E-state index contributed by atoms with van der Waals surface area (Å²) in [5, 5.41) is 2.46. The first-order valence-electron chi connectivity index (χ1n) is 9.64. The SMILES string of the molecule is CC1CC1.Cc1ccc(C2=Nc3ccc(F)cc3C=CC2)c2ccccc12. The van der Waals surface area contributed by atoms with Crippen LogP contribution in [0.4, 0.5) is 10.1 Å². The van der Waals surface area contributed by atoms with E-state index in [1.54, 1.807) is 6.07 Å². The molecular formula is C25H24FN. The highest BCUT2D eigenvalue weighted by Gasteiger charge is 2.13. The fourth-order valence-corrected chi connectivity index (χ4v) is 3.29. The molecule has 0 bridgehead atoms. The third-order valence-corrected chi connectivity index (χ3v) is 5.17. The van der Waals surface area contributed by atoms with E-state index in [2.05, 4.69) is 56.3 Å². The van der Waals surface area contributed by atoms with Gasteiger partial charge in [0.2, 0.25) is 0 Å². The predicted octanol–water partition coefficient (Wildman–Crippen LogP) is 7.24. The van der Waals surface area contributed by atoms with Gasteiger partial charge >= 0.3 is 0 Å². The molecule has 0 atom stereocenters. The molecule has 0 N–H and O–H groups in total. The van der Waals surface area contributed by atoms with Crippen LogP contribution in [0.5, 0.6) is 0 Å². The van der Waals surface area contributed by atoms with Crippen molar-refractivity contribution in [1.82, 2.24) is 0 Å². The predicted molar refractivity (Wildman–Crippen MR) is 113 cm³/mol. The molecule has 1 nitrogen and oxygen atoms in total. The number of halogens is 1. The summed E-state index contributed by atoms with van der Waals surface area (Å²) in [6, 6.07) is 17.4. The zero-order chi connectivity index (χ0) is 18.8. The molecule has 3 aromatic carbocycles. The molecule has 1 aliphatic heterocycles. The Kier molecular flexibility index (Phi) is 4.89. The number of nitrogens with zero attached hydrogens (tertiary/aromatic N) is 1. The van der Waals surface area contributed by atoms with E-state index >= 15 is 0 Å². The quantitative estimate of drug-likeness (QED) is 0.435. The Bertz CT molecular complexity index is 1040.